The number of rotatable bonds is 4. The van der Waals surface area contributed by atoms with Crippen LogP contribution in [0, 0.1) is 0 Å². The monoisotopic (exact) mass is 402 g/mol. The topological polar surface area (TPSA) is 32.3 Å². The molecule has 0 atom stereocenters. The van der Waals surface area contributed by atoms with Crippen LogP contribution in [0.5, 0.6) is 0 Å². The van der Waals surface area contributed by atoms with Crippen LogP contribution in [0.15, 0.2) is 52.3 Å². The molecule has 1 amide bonds. The van der Waals surface area contributed by atoms with Crippen LogP contribution in [0.25, 0.3) is 0 Å². The third-order valence-electron chi connectivity index (χ3n) is 3.87. The van der Waals surface area contributed by atoms with E-state index in [4.69, 9.17) is 0 Å². The van der Waals surface area contributed by atoms with Gasteiger partial charge in [0.25, 0.3) is 0 Å². The molecule has 1 aliphatic rings. The minimum Gasteiger partial charge on any atom is -0.316 e. The van der Waals surface area contributed by atoms with Crippen molar-refractivity contribution in [3.63, 3.8) is 0 Å². The molecule has 0 aliphatic carbocycles. The van der Waals surface area contributed by atoms with Crippen molar-refractivity contribution < 1.29 is 18.0 Å². The van der Waals surface area contributed by atoms with Crippen molar-refractivity contribution in [3.05, 3.63) is 48.0 Å². The summed E-state index contributed by atoms with van der Waals surface area (Å²) in [5.74, 6) is -0.228. The van der Waals surface area contributed by atoms with E-state index in [0.717, 1.165) is 23.6 Å². The molecule has 0 saturated heterocycles. The lowest BCUT2D eigenvalue weighted by Crippen LogP contribution is -2.31. The lowest BCUT2D eigenvalue weighted by atomic mass is 10.1. The fourth-order valence-corrected chi connectivity index (χ4v) is 3.72. The molecule has 2 aromatic carbocycles. The number of hydrogen-bond donors (Lipinski definition) is 1. The number of para-hydroxylation sites is 1. The highest BCUT2D eigenvalue weighted by Crippen LogP contribution is 2.49. The quantitative estimate of drug-likeness (QED) is 0.708. The number of amides is 1. The summed E-state index contributed by atoms with van der Waals surface area (Å²) < 4.78 is 39.3. The predicted octanol–water partition coefficient (Wildman–Crippen LogP) is 5.26. The summed E-state index contributed by atoms with van der Waals surface area (Å²) in [6, 6.07) is 10.8. The molecule has 0 unspecified atom stereocenters. The molecular formula is C18H18ClF3N2OS. The highest BCUT2D eigenvalue weighted by Gasteiger charge is 2.34. The van der Waals surface area contributed by atoms with E-state index < -0.39 is 11.7 Å². The zero-order valence-electron chi connectivity index (χ0n) is 14.0. The van der Waals surface area contributed by atoms with Gasteiger partial charge in [-0.2, -0.15) is 13.2 Å². The van der Waals surface area contributed by atoms with Gasteiger partial charge < -0.3 is 5.32 Å². The number of anilines is 2. The van der Waals surface area contributed by atoms with Gasteiger partial charge in [0.05, 0.1) is 16.9 Å². The Bertz CT molecular complexity index is 798. The maximum Gasteiger partial charge on any atom is 0.416 e. The van der Waals surface area contributed by atoms with Crippen LogP contribution in [0.3, 0.4) is 0 Å². The molecule has 1 N–H and O–H groups in total. The molecule has 0 fully saturated rings. The second-order valence-corrected chi connectivity index (χ2v) is 6.67. The number of fused-ring (bicyclic) bond motifs is 2. The van der Waals surface area contributed by atoms with Crippen molar-refractivity contribution in [2.75, 3.05) is 18.0 Å². The predicted molar refractivity (Wildman–Crippen MR) is 99.6 cm³/mol. The molecule has 3 nitrogen and oxygen atoms in total. The summed E-state index contributed by atoms with van der Waals surface area (Å²) in [6.07, 6.45) is -4.24. The minimum atomic E-state index is -4.45. The van der Waals surface area contributed by atoms with Gasteiger partial charge in [0, 0.05) is 22.8 Å². The molecule has 2 aromatic rings. The molecule has 140 valence electrons. The lowest BCUT2D eigenvalue weighted by Gasteiger charge is -2.31. The third kappa shape index (κ3) is 4.16. The first-order chi connectivity index (χ1) is 11.9. The summed E-state index contributed by atoms with van der Waals surface area (Å²) >= 11 is 1.37. The number of nitrogens with one attached hydrogen (secondary N) is 1. The summed E-state index contributed by atoms with van der Waals surface area (Å²) in [5.41, 5.74) is 0.163. The van der Waals surface area contributed by atoms with Crippen molar-refractivity contribution in [1.29, 1.82) is 0 Å². The van der Waals surface area contributed by atoms with Crippen LogP contribution < -0.4 is 10.2 Å². The smallest absolute Gasteiger partial charge is 0.316 e. The number of carbonyl (C=O) groups is 1. The van der Waals surface area contributed by atoms with Crippen molar-refractivity contribution >= 4 is 41.5 Å². The molecule has 1 heterocycles. The van der Waals surface area contributed by atoms with Crippen molar-refractivity contribution in [1.82, 2.24) is 5.32 Å². The van der Waals surface area contributed by atoms with Gasteiger partial charge >= 0.3 is 6.18 Å². The summed E-state index contributed by atoms with van der Waals surface area (Å²) in [4.78, 5) is 15.7. The van der Waals surface area contributed by atoms with Crippen LogP contribution in [0.2, 0.25) is 0 Å². The van der Waals surface area contributed by atoms with Crippen LogP contribution in [-0.4, -0.2) is 19.0 Å². The van der Waals surface area contributed by atoms with Crippen molar-refractivity contribution in [3.8, 4) is 0 Å². The van der Waals surface area contributed by atoms with E-state index in [9.17, 15) is 18.0 Å². The zero-order chi connectivity index (χ0) is 18.0. The van der Waals surface area contributed by atoms with Gasteiger partial charge in [-0.25, -0.2) is 0 Å². The molecule has 0 aromatic heterocycles. The highest BCUT2D eigenvalue weighted by molar-refractivity contribution is 7.99. The number of alkyl halides is 3. The lowest BCUT2D eigenvalue weighted by molar-refractivity contribution is -0.137. The average molecular weight is 403 g/mol. The largest absolute Gasteiger partial charge is 0.416 e. The Labute approximate surface area is 160 Å². The van der Waals surface area contributed by atoms with Crippen molar-refractivity contribution in [2.24, 2.45) is 0 Å². The maximum atomic E-state index is 13.1. The van der Waals surface area contributed by atoms with E-state index in [0.29, 0.717) is 22.8 Å². The Kier molecular flexibility index (Phi) is 6.60. The van der Waals surface area contributed by atoms with Crippen LogP contribution in [0.4, 0.5) is 24.5 Å². The van der Waals surface area contributed by atoms with E-state index in [1.54, 1.807) is 12.1 Å². The first-order valence-electron chi connectivity index (χ1n) is 7.93. The van der Waals surface area contributed by atoms with Crippen LogP contribution in [0.1, 0.15) is 18.9 Å². The van der Waals surface area contributed by atoms with E-state index in [-0.39, 0.29) is 24.7 Å². The molecule has 3 rings (SSSR count). The Morgan fingerprint density at radius 2 is 1.81 bits per heavy atom. The summed E-state index contributed by atoms with van der Waals surface area (Å²) in [6.45, 7) is 3.15. The van der Waals surface area contributed by atoms with Gasteiger partial charge in [-0.1, -0.05) is 30.8 Å². The standard InChI is InChI=1S/C18H17F3N2OS.ClH/c1-2-22-10-9-17(24)23-13-5-3-4-6-15(13)25-16-8-7-12(11-14(16)23)18(19,20)21;/h3-8,11,22H,2,9-10H2,1H3;1H. The number of halogens is 4. The number of benzene rings is 2. The minimum absolute atomic E-state index is 0. The Morgan fingerprint density at radius 3 is 2.50 bits per heavy atom. The molecular weight excluding hydrogens is 385 g/mol. The SMILES string of the molecule is CCNCCC(=O)N1c2ccccc2Sc2ccc(C(F)(F)F)cc21.Cl. The second-order valence-electron chi connectivity index (χ2n) is 5.58. The van der Waals surface area contributed by atoms with E-state index in [1.165, 1.54) is 22.7 Å². The number of nitrogens with zero attached hydrogens (tertiary/aromatic N) is 1. The van der Waals surface area contributed by atoms with Gasteiger partial charge in [-0.15, -0.1) is 12.4 Å². The second kappa shape index (κ2) is 8.33. The molecule has 8 heteroatoms. The Balaban J connectivity index is 0.00000243. The van der Waals surface area contributed by atoms with Gasteiger partial charge in [-0.05, 0) is 36.9 Å². The fourth-order valence-electron chi connectivity index (χ4n) is 2.68. The third-order valence-corrected chi connectivity index (χ3v) is 5.00. The van der Waals surface area contributed by atoms with Crippen molar-refractivity contribution in [2.45, 2.75) is 29.3 Å². The zero-order valence-corrected chi connectivity index (χ0v) is 15.6. The highest BCUT2D eigenvalue weighted by atomic mass is 35.5. The van der Waals surface area contributed by atoms with E-state index >= 15 is 0 Å². The molecule has 1 aliphatic heterocycles. The Morgan fingerprint density at radius 1 is 1.12 bits per heavy atom. The Hall–Kier alpha value is -1.70. The molecule has 26 heavy (non-hydrogen) atoms. The first-order valence-corrected chi connectivity index (χ1v) is 8.75. The number of carbonyl (C=O) groups excluding carboxylic acids is 1. The number of hydrogen-bond acceptors (Lipinski definition) is 3. The first kappa shape index (κ1) is 20.6. The molecule has 0 spiro atoms. The van der Waals surface area contributed by atoms with Gasteiger partial charge in [0.1, 0.15) is 0 Å². The van der Waals surface area contributed by atoms with Gasteiger partial charge in [0.15, 0.2) is 0 Å². The van der Waals surface area contributed by atoms with Crippen LogP contribution >= 0.6 is 24.2 Å². The fraction of sp³-hybridized carbons (Fsp3) is 0.278. The normalized spacial score (nSPS) is 12.8. The van der Waals surface area contributed by atoms with E-state index in [2.05, 4.69) is 5.32 Å². The summed E-state index contributed by atoms with van der Waals surface area (Å²) in [5, 5.41) is 3.07. The average Bonchev–Trinajstić information content (AvgIpc) is 2.58. The summed E-state index contributed by atoms with van der Waals surface area (Å²) in [7, 11) is 0. The van der Waals surface area contributed by atoms with Gasteiger partial charge in [-0.3, -0.25) is 9.69 Å². The van der Waals surface area contributed by atoms with E-state index in [1.807, 2.05) is 19.1 Å². The molecule has 0 bridgehead atoms. The maximum absolute atomic E-state index is 13.1. The molecule has 0 saturated carbocycles. The molecule has 0 radical (unpaired) electrons. The van der Waals surface area contributed by atoms with Gasteiger partial charge in [0.2, 0.25) is 5.91 Å². The van der Waals surface area contributed by atoms with Crippen LogP contribution in [-0.2, 0) is 11.0 Å².